The minimum atomic E-state index is -3.84. The van der Waals surface area contributed by atoms with E-state index >= 15 is 0 Å². The van der Waals surface area contributed by atoms with Crippen molar-refractivity contribution in [1.29, 1.82) is 0 Å². The van der Waals surface area contributed by atoms with E-state index in [0.29, 0.717) is 6.29 Å². The van der Waals surface area contributed by atoms with E-state index in [9.17, 15) is 17.6 Å². The predicted octanol–water partition coefficient (Wildman–Crippen LogP) is 1.68. The second-order valence-corrected chi connectivity index (χ2v) is 5.12. The van der Waals surface area contributed by atoms with Crippen LogP contribution in [0.15, 0.2) is 47.5 Å². The molecule has 4 nitrogen and oxygen atoms in total. The van der Waals surface area contributed by atoms with E-state index in [1.54, 1.807) is 0 Å². The molecule has 0 radical (unpaired) electrons. The van der Waals surface area contributed by atoms with Gasteiger partial charge in [-0.25, -0.2) is 16.8 Å². The minimum Gasteiger partial charge on any atom is -0.296 e. The van der Waals surface area contributed by atoms with Crippen LogP contribution in [0.25, 0.3) is 0 Å². The van der Waals surface area contributed by atoms with Crippen molar-refractivity contribution in [3.05, 3.63) is 54.1 Å². The molecule has 1 aromatic heterocycles. The number of aromatic nitrogens is 1. The van der Waals surface area contributed by atoms with Gasteiger partial charge in [0.1, 0.15) is 5.82 Å². The van der Waals surface area contributed by atoms with Crippen molar-refractivity contribution >= 4 is 16.3 Å². The first-order chi connectivity index (χ1) is 8.05. The molecule has 0 saturated carbocycles. The SMILES string of the molecule is O=Cc1cccn1S(=O)(=O)c1ccc(F)cc1. The van der Waals surface area contributed by atoms with E-state index in [0.717, 1.165) is 28.2 Å². The average Bonchev–Trinajstić information content (AvgIpc) is 2.78. The summed E-state index contributed by atoms with van der Waals surface area (Å²) in [6.07, 6.45) is 1.71. The van der Waals surface area contributed by atoms with Crippen LogP contribution in [0.4, 0.5) is 4.39 Å². The van der Waals surface area contributed by atoms with Gasteiger partial charge in [-0.15, -0.1) is 0 Å². The minimum absolute atomic E-state index is 0.0225. The van der Waals surface area contributed by atoms with E-state index in [-0.39, 0.29) is 10.6 Å². The summed E-state index contributed by atoms with van der Waals surface area (Å²) >= 11 is 0. The molecule has 0 amide bonds. The first-order valence-electron chi connectivity index (χ1n) is 4.69. The summed E-state index contributed by atoms with van der Waals surface area (Å²) in [5.41, 5.74) is 0.0225. The molecule has 0 bridgehead atoms. The highest BCUT2D eigenvalue weighted by atomic mass is 32.2. The highest BCUT2D eigenvalue weighted by Gasteiger charge is 2.18. The van der Waals surface area contributed by atoms with Gasteiger partial charge < -0.3 is 0 Å². The number of benzene rings is 1. The molecule has 2 rings (SSSR count). The van der Waals surface area contributed by atoms with E-state index in [4.69, 9.17) is 0 Å². The van der Waals surface area contributed by atoms with Gasteiger partial charge in [0.05, 0.1) is 10.6 Å². The third-order valence-electron chi connectivity index (χ3n) is 2.23. The Hall–Kier alpha value is -1.95. The maximum atomic E-state index is 12.7. The van der Waals surface area contributed by atoms with Crippen LogP contribution in [0.3, 0.4) is 0 Å². The zero-order valence-electron chi connectivity index (χ0n) is 8.58. The van der Waals surface area contributed by atoms with Crippen LogP contribution >= 0.6 is 0 Å². The third-order valence-corrected chi connectivity index (χ3v) is 3.95. The highest BCUT2D eigenvalue weighted by molar-refractivity contribution is 7.90. The first-order valence-corrected chi connectivity index (χ1v) is 6.13. The Kier molecular flexibility index (Phi) is 2.81. The van der Waals surface area contributed by atoms with Gasteiger partial charge in [0.15, 0.2) is 6.29 Å². The van der Waals surface area contributed by atoms with Gasteiger partial charge in [0, 0.05) is 6.20 Å². The fourth-order valence-electron chi connectivity index (χ4n) is 1.41. The van der Waals surface area contributed by atoms with Crippen molar-refractivity contribution in [1.82, 2.24) is 3.97 Å². The lowest BCUT2D eigenvalue weighted by molar-refractivity contribution is 0.111. The molecule has 88 valence electrons. The number of rotatable bonds is 3. The van der Waals surface area contributed by atoms with Crippen LogP contribution in [0.5, 0.6) is 0 Å². The average molecular weight is 253 g/mol. The van der Waals surface area contributed by atoms with Gasteiger partial charge in [-0.3, -0.25) is 4.79 Å². The second kappa shape index (κ2) is 4.14. The third kappa shape index (κ3) is 1.99. The zero-order chi connectivity index (χ0) is 12.5. The Morgan fingerprint density at radius 2 is 1.76 bits per heavy atom. The molecule has 0 aliphatic heterocycles. The maximum Gasteiger partial charge on any atom is 0.268 e. The number of carbonyl (C=O) groups excluding carboxylic acids is 1. The zero-order valence-corrected chi connectivity index (χ0v) is 9.39. The molecular formula is C11H8FNO3S. The summed E-state index contributed by atoms with van der Waals surface area (Å²) in [4.78, 5) is 10.6. The summed E-state index contributed by atoms with van der Waals surface area (Å²) in [6, 6.07) is 7.24. The molecule has 2 aromatic rings. The van der Waals surface area contributed by atoms with Crippen LogP contribution in [-0.2, 0) is 10.0 Å². The predicted molar refractivity (Wildman–Crippen MR) is 58.8 cm³/mol. The molecule has 0 saturated heterocycles. The van der Waals surface area contributed by atoms with Gasteiger partial charge >= 0.3 is 0 Å². The maximum absolute atomic E-state index is 12.7. The quantitative estimate of drug-likeness (QED) is 0.782. The lowest BCUT2D eigenvalue weighted by Crippen LogP contribution is -2.14. The van der Waals surface area contributed by atoms with Gasteiger partial charge in [0.2, 0.25) is 0 Å². The summed E-state index contributed by atoms with van der Waals surface area (Å²) in [7, 11) is -3.84. The molecule has 0 atom stereocenters. The molecule has 6 heteroatoms. The topological polar surface area (TPSA) is 56.1 Å². The number of carbonyl (C=O) groups is 1. The lowest BCUT2D eigenvalue weighted by Gasteiger charge is -2.07. The van der Waals surface area contributed by atoms with Gasteiger partial charge in [-0.2, -0.15) is 0 Å². The number of hydrogen-bond donors (Lipinski definition) is 0. The van der Waals surface area contributed by atoms with Gasteiger partial charge in [-0.05, 0) is 36.4 Å². The number of hydrogen-bond acceptors (Lipinski definition) is 3. The Bertz CT molecular complexity index is 644. The molecular weight excluding hydrogens is 245 g/mol. The second-order valence-electron chi connectivity index (χ2n) is 3.31. The monoisotopic (exact) mass is 253 g/mol. The van der Waals surface area contributed by atoms with Gasteiger partial charge in [-0.1, -0.05) is 0 Å². The van der Waals surface area contributed by atoms with E-state index < -0.39 is 15.8 Å². The van der Waals surface area contributed by atoms with Crippen LogP contribution < -0.4 is 0 Å². The van der Waals surface area contributed by atoms with Crippen molar-refractivity contribution in [2.24, 2.45) is 0 Å². The molecule has 1 heterocycles. The molecule has 1 aromatic carbocycles. The molecule has 17 heavy (non-hydrogen) atoms. The molecule has 0 N–H and O–H groups in total. The number of aldehydes is 1. The summed E-state index contributed by atoms with van der Waals surface area (Å²) < 4.78 is 37.7. The Labute approximate surface area is 97.4 Å². The van der Waals surface area contributed by atoms with Crippen molar-refractivity contribution < 1.29 is 17.6 Å². The smallest absolute Gasteiger partial charge is 0.268 e. The van der Waals surface area contributed by atoms with Crippen molar-refractivity contribution in [2.45, 2.75) is 4.90 Å². The molecule has 0 spiro atoms. The van der Waals surface area contributed by atoms with Gasteiger partial charge in [0.25, 0.3) is 10.0 Å². The van der Waals surface area contributed by atoms with Crippen molar-refractivity contribution in [3.8, 4) is 0 Å². The molecule has 0 aliphatic carbocycles. The fraction of sp³-hybridized carbons (Fsp3) is 0. The van der Waals surface area contributed by atoms with Crippen molar-refractivity contribution in [2.75, 3.05) is 0 Å². The van der Waals surface area contributed by atoms with Crippen LogP contribution in [0, 0.1) is 5.82 Å². The van der Waals surface area contributed by atoms with E-state index in [1.165, 1.54) is 18.3 Å². The van der Waals surface area contributed by atoms with Crippen LogP contribution in [0.2, 0.25) is 0 Å². The summed E-state index contributed by atoms with van der Waals surface area (Å²) in [6.45, 7) is 0. The largest absolute Gasteiger partial charge is 0.296 e. The molecule has 0 fully saturated rings. The standard InChI is InChI=1S/C11H8FNO3S/c12-9-3-5-11(6-4-9)17(15,16)13-7-1-2-10(13)8-14/h1-8H. The number of halogens is 1. The first kappa shape index (κ1) is 11.5. The summed E-state index contributed by atoms with van der Waals surface area (Å²) in [5.74, 6) is -0.521. The van der Waals surface area contributed by atoms with E-state index in [2.05, 4.69) is 0 Å². The number of nitrogens with zero attached hydrogens (tertiary/aromatic N) is 1. The Morgan fingerprint density at radius 3 is 2.35 bits per heavy atom. The summed E-state index contributed by atoms with van der Waals surface area (Å²) in [5, 5.41) is 0. The molecule has 0 unspecified atom stereocenters. The Balaban J connectivity index is 2.57. The van der Waals surface area contributed by atoms with Crippen LogP contribution in [-0.4, -0.2) is 18.7 Å². The Morgan fingerprint density at radius 1 is 1.12 bits per heavy atom. The van der Waals surface area contributed by atoms with Crippen molar-refractivity contribution in [3.63, 3.8) is 0 Å². The van der Waals surface area contributed by atoms with E-state index in [1.807, 2.05) is 0 Å². The highest BCUT2D eigenvalue weighted by Crippen LogP contribution is 2.16. The lowest BCUT2D eigenvalue weighted by atomic mass is 10.4. The van der Waals surface area contributed by atoms with Crippen LogP contribution in [0.1, 0.15) is 10.5 Å². The normalized spacial score (nSPS) is 11.4. The molecule has 0 aliphatic rings. The fourth-order valence-corrected chi connectivity index (χ4v) is 2.73.